The third kappa shape index (κ3) is 4.84. The van der Waals surface area contributed by atoms with Crippen molar-refractivity contribution in [1.82, 2.24) is 4.90 Å². The fourth-order valence-electron chi connectivity index (χ4n) is 2.77. The van der Waals surface area contributed by atoms with Crippen molar-refractivity contribution in [3.05, 3.63) is 29.8 Å². The highest BCUT2D eigenvalue weighted by atomic mass is 16.5. The average Bonchev–Trinajstić information content (AvgIpc) is 2.92. The van der Waals surface area contributed by atoms with Crippen LogP contribution in [0.5, 0.6) is 5.75 Å². The van der Waals surface area contributed by atoms with Crippen LogP contribution in [0.25, 0.3) is 0 Å². The van der Waals surface area contributed by atoms with Crippen molar-refractivity contribution in [3.8, 4) is 5.75 Å². The standard InChI is InChI=1S/C16H26N2O/c1-18(13-15-4-2-3-5-15)10-11-19-16-8-6-14(12-17)7-9-16/h6-9,15H,2-5,10-13,17H2,1H3. The molecule has 106 valence electrons. The van der Waals surface area contributed by atoms with Gasteiger partial charge in [-0.1, -0.05) is 25.0 Å². The number of nitrogens with two attached hydrogens (primary N) is 1. The number of hydrogen-bond acceptors (Lipinski definition) is 3. The Labute approximate surface area is 116 Å². The number of hydrogen-bond donors (Lipinski definition) is 1. The molecule has 2 N–H and O–H groups in total. The van der Waals surface area contributed by atoms with Gasteiger partial charge in [0, 0.05) is 19.6 Å². The van der Waals surface area contributed by atoms with Gasteiger partial charge in [0.1, 0.15) is 12.4 Å². The van der Waals surface area contributed by atoms with Crippen LogP contribution in [-0.4, -0.2) is 31.6 Å². The van der Waals surface area contributed by atoms with Gasteiger partial charge in [-0.15, -0.1) is 0 Å². The first-order valence-electron chi connectivity index (χ1n) is 7.38. The number of likely N-dealkylation sites (N-methyl/N-ethyl adjacent to an activating group) is 1. The number of nitrogens with zero attached hydrogens (tertiary/aromatic N) is 1. The molecule has 1 aromatic rings. The van der Waals surface area contributed by atoms with E-state index in [1.807, 2.05) is 24.3 Å². The van der Waals surface area contributed by atoms with Crippen molar-refractivity contribution in [1.29, 1.82) is 0 Å². The van der Waals surface area contributed by atoms with Crippen molar-refractivity contribution in [3.63, 3.8) is 0 Å². The third-order valence-corrected chi connectivity index (χ3v) is 3.95. The summed E-state index contributed by atoms with van der Waals surface area (Å²) in [6.45, 7) is 3.56. The smallest absolute Gasteiger partial charge is 0.119 e. The minimum atomic E-state index is 0.588. The van der Waals surface area contributed by atoms with E-state index in [4.69, 9.17) is 10.5 Å². The molecule has 0 aromatic heterocycles. The quantitative estimate of drug-likeness (QED) is 0.821. The molecular weight excluding hydrogens is 236 g/mol. The Bertz CT molecular complexity index is 358. The van der Waals surface area contributed by atoms with E-state index in [9.17, 15) is 0 Å². The third-order valence-electron chi connectivity index (χ3n) is 3.95. The molecule has 0 bridgehead atoms. The van der Waals surface area contributed by atoms with E-state index >= 15 is 0 Å². The lowest BCUT2D eigenvalue weighted by molar-refractivity contribution is 0.215. The summed E-state index contributed by atoms with van der Waals surface area (Å²) in [5, 5.41) is 0. The molecule has 0 amide bonds. The van der Waals surface area contributed by atoms with E-state index < -0.39 is 0 Å². The monoisotopic (exact) mass is 262 g/mol. The number of rotatable bonds is 7. The van der Waals surface area contributed by atoms with Crippen molar-refractivity contribution in [2.75, 3.05) is 26.7 Å². The summed E-state index contributed by atoms with van der Waals surface area (Å²) in [7, 11) is 2.19. The highest BCUT2D eigenvalue weighted by Gasteiger charge is 2.16. The van der Waals surface area contributed by atoms with Gasteiger partial charge in [-0.25, -0.2) is 0 Å². The fourth-order valence-corrected chi connectivity index (χ4v) is 2.77. The van der Waals surface area contributed by atoms with E-state index in [1.54, 1.807) is 0 Å². The topological polar surface area (TPSA) is 38.5 Å². The van der Waals surface area contributed by atoms with Crippen LogP contribution in [0.1, 0.15) is 31.2 Å². The molecule has 1 aliphatic carbocycles. The maximum atomic E-state index is 5.76. The highest BCUT2D eigenvalue weighted by molar-refractivity contribution is 5.27. The summed E-state index contributed by atoms with van der Waals surface area (Å²) in [4.78, 5) is 2.39. The Morgan fingerprint density at radius 3 is 2.53 bits per heavy atom. The minimum absolute atomic E-state index is 0.588. The summed E-state index contributed by atoms with van der Waals surface area (Å²) < 4.78 is 5.76. The minimum Gasteiger partial charge on any atom is -0.492 e. The van der Waals surface area contributed by atoms with Crippen LogP contribution in [0.3, 0.4) is 0 Å². The zero-order valence-corrected chi connectivity index (χ0v) is 12.0. The molecule has 0 spiro atoms. The van der Waals surface area contributed by atoms with E-state index in [1.165, 1.54) is 32.2 Å². The summed E-state index contributed by atoms with van der Waals surface area (Å²) in [5.74, 6) is 1.85. The largest absolute Gasteiger partial charge is 0.492 e. The van der Waals surface area contributed by atoms with Gasteiger partial charge in [0.2, 0.25) is 0 Å². The number of benzene rings is 1. The number of ether oxygens (including phenoxy) is 1. The summed E-state index contributed by atoms with van der Waals surface area (Å²) in [6.07, 6.45) is 5.66. The van der Waals surface area contributed by atoms with Crippen LogP contribution in [-0.2, 0) is 6.54 Å². The van der Waals surface area contributed by atoms with Gasteiger partial charge >= 0.3 is 0 Å². The molecule has 0 atom stereocenters. The van der Waals surface area contributed by atoms with Crippen LogP contribution in [0, 0.1) is 5.92 Å². The maximum absolute atomic E-state index is 5.76. The van der Waals surface area contributed by atoms with E-state index in [0.29, 0.717) is 6.54 Å². The lowest BCUT2D eigenvalue weighted by Crippen LogP contribution is -2.28. The second-order valence-electron chi connectivity index (χ2n) is 5.61. The van der Waals surface area contributed by atoms with Crippen molar-refractivity contribution in [2.24, 2.45) is 11.7 Å². The first-order chi connectivity index (χ1) is 9.28. The molecule has 3 heteroatoms. The summed E-state index contributed by atoms with van der Waals surface area (Å²) in [6, 6.07) is 8.05. The Kier molecular flexibility index (Phi) is 5.67. The Balaban J connectivity index is 1.64. The molecule has 0 heterocycles. The van der Waals surface area contributed by atoms with Crippen LogP contribution in [0.4, 0.5) is 0 Å². The predicted molar refractivity (Wildman–Crippen MR) is 79.3 cm³/mol. The van der Waals surface area contributed by atoms with Crippen molar-refractivity contribution >= 4 is 0 Å². The Hall–Kier alpha value is -1.06. The molecule has 1 aromatic carbocycles. The van der Waals surface area contributed by atoms with Crippen LogP contribution >= 0.6 is 0 Å². The SMILES string of the molecule is CN(CCOc1ccc(CN)cc1)CC1CCCC1. The first-order valence-corrected chi connectivity index (χ1v) is 7.38. The zero-order valence-electron chi connectivity index (χ0n) is 12.0. The molecule has 0 saturated heterocycles. The van der Waals surface area contributed by atoms with Crippen molar-refractivity contribution < 1.29 is 4.74 Å². The predicted octanol–water partition coefficient (Wildman–Crippen LogP) is 2.65. The molecule has 19 heavy (non-hydrogen) atoms. The van der Waals surface area contributed by atoms with E-state index in [-0.39, 0.29) is 0 Å². The van der Waals surface area contributed by atoms with Gasteiger partial charge in [-0.3, -0.25) is 0 Å². The molecular formula is C16H26N2O. The summed E-state index contributed by atoms with van der Waals surface area (Å²) in [5.41, 5.74) is 6.71. The summed E-state index contributed by atoms with van der Waals surface area (Å²) >= 11 is 0. The molecule has 0 radical (unpaired) electrons. The fraction of sp³-hybridized carbons (Fsp3) is 0.625. The van der Waals surface area contributed by atoms with Gasteiger partial charge in [0.05, 0.1) is 0 Å². The van der Waals surface area contributed by atoms with Gasteiger partial charge in [0.15, 0.2) is 0 Å². The lowest BCUT2D eigenvalue weighted by atomic mass is 10.1. The van der Waals surface area contributed by atoms with Crippen molar-refractivity contribution in [2.45, 2.75) is 32.2 Å². The molecule has 1 aliphatic rings. The van der Waals surface area contributed by atoms with Crippen LogP contribution < -0.4 is 10.5 Å². The molecule has 3 nitrogen and oxygen atoms in total. The van der Waals surface area contributed by atoms with Gasteiger partial charge < -0.3 is 15.4 Å². The Morgan fingerprint density at radius 2 is 1.89 bits per heavy atom. The van der Waals surface area contributed by atoms with Crippen LogP contribution in [0.15, 0.2) is 24.3 Å². The second-order valence-corrected chi connectivity index (χ2v) is 5.61. The van der Waals surface area contributed by atoms with Crippen LogP contribution in [0.2, 0.25) is 0 Å². The molecule has 0 unspecified atom stereocenters. The first kappa shape index (κ1) is 14.4. The van der Waals surface area contributed by atoms with E-state index in [0.717, 1.165) is 30.4 Å². The molecule has 1 saturated carbocycles. The lowest BCUT2D eigenvalue weighted by Gasteiger charge is -2.20. The molecule has 1 fully saturated rings. The zero-order chi connectivity index (χ0) is 13.5. The maximum Gasteiger partial charge on any atom is 0.119 e. The normalized spacial score (nSPS) is 16.2. The molecule has 0 aliphatic heterocycles. The molecule has 2 rings (SSSR count). The Morgan fingerprint density at radius 1 is 1.21 bits per heavy atom. The van der Waals surface area contributed by atoms with E-state index in [2.05, 4.69) is 11.9 Å². The van der Waals surface area contributed by atoms with Gasteiger partial charge in [-0.2, -0.15) is 0 Å². The van der Waals surface area contributed by atoms with Gasteiger partial charge in [-0.05, 0) is 43.5 Å². The van der Waals surface area contributed by atoms with Gasteiger partial charge in [0.25, 0.3) is 0 Å². The second kappa shape index (κ2) is 7.51. The highest BCUT2D eigenvalue weighted by Crippen LogP contribution is 2.25. The average molecular weight is 262 g/mol.